The number of benzene rings is 3. The lowest BCUT2D eigenvalue weighted by molar-refractivity contribution is -0.946. The number of rotatable bonds is 15. The van der Waals surface area contributed by atoms with Gasteiger partial charge in [0.25, 0.3) is 0 Å². The van der Waals surface area contributed by atoms with Crippen LogP contribution in [0.15, 0.2) is 83.7 Å². The fourth-order valence-electron chi connectivity index (χ4n) is 9.03. The summed E-state index contributed by atoms with van der Waals surface area (Å²) in [7, 11) is 0. The molecule has 8 rings (SSSR count). The van der Waals surface area contributed by atoms with Gasteiger partial charge in [0.2, 0.25) is 5.56 Å². The third-order valence-corrected chi connectivity index (χ3v) is 12.2. The number of aliphatic hydroxyl groups is 2. The van der Waals surface area contributed by atoms with Crippen molar-refractivity contribution in [1.29, 1.82) is 0 Å². The molecule has 4 atom stereocenters. The van der Waals surface area contributed by atoms with E-state index in [0.29, 0.717) is 42.1 Å². The number of aliphatic hydroxyl groups excluding tert-OH is 1. The van der Waals surface area contributed by atoms with Gasteiger partial charge in [0, 0.05) is 49.2 Å². The van der Waals surface area contributed by atoms with Crippen LogP contribution in [0.5, 0.6) is 11.5 Å². The minimum absolute atomic E-state index is 0. The highest BCUT2D eigenvalue weighted by Gasteiger charge is 2.48. The van der Waals surface area contributed by atoms with Crippen LogP contribution in [0, 0.1) is 11.8 Å². The van der Waals surface area contributed by atoms with E-state index in [1.807, 2.05) is 30.3 Å². The molecule has 0 radical (unpaired) electrons. The smallest absolute Gasteiger partial charge is 0.248 e. The summed E-state index contributed by atoms with van der Waals surface area (Å²) < 4.78 is 14.0. The van der Waals surface area contributed by atoms with E-state index in [1.165, 1.54) is 50.9 Å². The van der Waals surface area contributed by atoms with E-state index in [-0.39, 0.29) is 46.4 Å². The first-order valence-corrected chi connectivity index (χ1v) is 19.0. The zero-order chi connectivity index (χ0) is 35.4. The van der Waals surface area contributed by atoms with Crippen LogP contribution in [0.1, 0.15) is 80.7 Å². The lowest BCUT2D eigenvalue weighted by Gasteiger charge is -2.53. The Morgan fingerprint density at radius 2 is 1.69 bits per heavy atom. The van der Waals surface area contributed by atoms with E-state index in [9.17, 15) is 20.1 Å². The van der Waals surface area contributed by atoms with Crippen molar-refractivity contribution in [3.05, 3.63) is 106 Å². The molecule has 9 nitrogen and oxygen atoms in total. The number of quaternary nitrogens is 1. The lowest BCUT2D eigenvalue weighted by atomic mass is 9.80. The van der Waals surface area contributed by atoms with E-state index >= 15 is 0 Å². The Kier molecular flexibility index (Phi) is 12.5. The number of nitrogens with one attached hydrogen (secondary N) is 2. The number of hydrogen-bond donors (Lipinski definition) is 5. The number of pyridine rings is 1. The summed E-state index contributed by atoms with van der Waals surface area (Å²) in [6.45, 7) is 7.91. The van der Waals surface area contributed by atoms with E-state index in [0.717, 1.165) is 53.7 Å². The van der Waals surface area contributed by atoms with Crippen molar-refractivity contribution in [3.8, 4) is 11.5 Å². The summed E-state index contributed by atoms with van der Waals surface area (Å²) in [6.07, 6.45) is 7.24. The number of ether oxygens (including phenoxy) is 2. The second-order valence-electron chi connectivity index (χ2n) is 15.4. The second-order valence-corrected chi connectivity index (χ2v) is 15.4. The molecule has 0 amide bonds. The molecule has 1 aliphatic carbocycles. The molecule has 280 valence electrons. The number of H-pyrrole nitrogens is 1. The van der Waals surface area contributed by atoms with Crippen molar-refractivity contribution < 1.29 is 46.3 Å². The zero-order valence-electron chi connectivity index (χ0n) is 30.2. The maximum atomic E-state index is 12.0. The number of hydrogen-bond acceptors (Lipinski definition) is 7. The molecular weight excluding hydrogens is 722 g/mol. The number of halogens is 1. The molecular formula is C42H54BrN3O6. The quantitative estimate of drug-likeness (QED) is 0.0930. The summed E-state index contributed by atoms with van der Waals surface area (Å²) >= 11 is 0. The number of aromatic nitrogens is 1. The first-order valence-electron chi connectivity index (χ1n) is 19.0. The largest absolute Gasteiger partial charge is 1.00 e. The van der Waals surface area contributed by atoms with Crippen LogP contribution in [0.4, 0.5) is 0 Å². The predicted molar refractivity (Wildman–Crippen MR) is 199 cm³/mol. The molecule has 0 spiro atoms. The molecule has 5 N–H and O–H groups in total. The monoisotopic (exact) mass is 775 g/mol. The molecule has 3 aromatic carbocycles. The Morgan fingerprint density at radius 1 is 0.962 bits per heavy atom. The number of piperidine rings is 3. The minimum atomic E-state index is -0.917. The van der Waals surface area contributed by atoms with Gasteiger partial charge in [-0.1, -0.05) is 61.4 Å². The van der Waals surface area contributed by atoms with Crippen LogP contribution in [0.2, 0.25) is 0 Å². The van der Waals surface area contributed by atoms with Crippen LogP contribution >= 0.6 is 0 Å². The molecule has 4 heterocycles. The minimum Gasteiger partial charge on any atom is -1.00 e. The molecule has 3 saturated heterocycles. The van der Waals surface area contributed by atoms with Gasteiger partial charge in [0.1, 0.15) is 29.7 Å². The Labute approximate surface area is 317 Å². The standard InChI is InChI=1S/C42H53N3O6.BrH/c1-29(43-26-38(47)35-16-18-37(46)41-36(35)17-19-40(48)44-41)30-12-14-34(15-13-30)50-25-7-22-45-23-20-31(21-24-45)39(27-45)51-28-42(49,33-10-5-6-11-33)32-8-3-2-4-9-32;/h2-4,8-9,12-19,29,31,33,38-39,43,47,49H,5-7,10-11,20-28H2,1H3,(H-,44,46,48);1H/t29-,31?,38-,39-,42+,45?;/m0./s1. The van der Waals surface area contributed by atoms with Crippen molar-refractivity contribution >= 4 is 10.9 Å². The Bertz CT molecular complexity index is 1810. The van der Waals surface area contributed by atoms with Crippen LogP contribution < -0.4 is 32.6 Å². The van der Waals surface area contributed by atoms with Crippen LogP contribution in [-0.2, 0) is 10.3 Å². The molecule has 4 aliphatic rings. The second kappa shape index (κ2) is 16.8. The number of phenolic OH excluding ortho intramolecular Hbond substituents is 1. The highest BCUT2D eigenvalue weighted by molar-refractivity contribution is 5.87. The number of aromatic hydroxyl groups is 1. The normalized spacial score (nSPS) is 23.9. The third kappa shape index (κ3) is 8.43. The number of aromatic amines is 1. The fourth-order valence-corrected chi connectivity index (χ4v) is 9.03. The van der Waals surface area contributed by atoms with Gasteiger partial charge in [0.15, 0.2) is 0 Å². The number of fused-ring (bicyclic) bond motifs is 4. The van der Waals surface area contributed by atoms with E-state index < -0.39 is 11.7 Å². The summed E-state index contributed by atoms with van der Waals surface area (Å²) in [6, 6.07) is 24.5. The van der Waals surface area contributed by atoms with E-state index in [4.69, 9.17) is 9.47 Å². The SMILES string of the molecule is C[C@H](NC[C@H](O)c1ccc(O)c2[nH]c(=O)ccc12)c1ccc(OCCC[N+]23CCC(CC2)[C@@H](OC[C@@](O)(c2ccccc2)C2CCCC2)C3)cc1.[Br-]. The highest BCUT2D eigenvalue weighted by atomic mass is 79.9. The van der Waals surface area contributed by atoms with Gasteiger partial charge in [0.05, 0.1) is 44.5 Å². The lowest BCUT2D eigenvalue weighted by Crippen LogP contribution is -3.00. The number of phenols is 1. The first kappa shape index (κ1) is 38.5. The van der Waals surface area contributed by atoms with Crippen molar-refractivity contribution in [2.24, 2.45) is 11.8 Å². The summed E-state index contributed by atoms with van der Waals surface area (Å²) in [5.41, 5.74) is 1.83. The summed E-state index contributed by atoms with van der Waals surface area (Å²) in [4.78, 5) is 14.4. The fraction of sp³-hybridized carbons (Fsp3) is 0.500. The van der Waals surface area contributed by atoms with Crippen molar-refractivity contribution in [1.82, 2.24) is 10.3 Å². The van der Waals surface area contributed by atoms with Crippen molar-refractivity contribution in [3.63, 3.8) is 0 Å². The molecule has 52 heavy (non-hydrogen) atoms. The van der Waals surface area contributed by atoms with Crippen LogP contribution in [0.25, 0.3) is 10.9 Å². The van der Waals surface area contributed by atoms with Gasteiger partial charge in [-0.05, 0) is 66.6 Å². The molecule has 3 aliphatic heterocycles. The molecule has 10 heteroatoms. The third-order valence-electron chi connectivity index (χ3n) is 12.2. The van der Waals surface area contributed by atoms with Gasteiger partial charge in [-0.15, -0.1) is 0 Å². The van der Waals surface area contributed by atoms with Gasteiger partial charge >= 0.3 is 0 Å². The van der Waals surface area contributed by atoms with Crippen molar-refractivity contribution in [2.75, 3.05) is 45.9 Å². The van der Waals surface area contributed by atoms with Gasteiger partial charge in [-0.3, -0.25) is 4.79 Å². The highest BCUT2D eigenvalue weighted by Crippen LogP contribution is 2.43. The Morgan fingerprint density at radius 3 is 2.42 bits per heavy atom. The van der Waals surface area contributed by atoms with Gasteiger partial charge in [-0.2, -0.15) is 0 Å². The van der Waals surface area contributed by atoms with Crippen LogP contribution in [-0.4, -0.2) is 76.8 Å². The first-order chi connectivity index (χ1) is 24.7. The summed E-state index contributed by atoms with van der Waals surface area (Å²) in [5.74, 6) is 1.67. The summed E-state index contributed by atoms with van der Waals surface area (Å²) in [5, 5.41) is 37.2. The van der Waals surface area contributed by atoms with Gasteiger partial charge < -0.3 is 56.6 Å². The molecule has 1 saturated carbocycles. The molecule has 4 fully saturated rings. The Balaban J connectivity index is 0.00000464. The predicted octanol–water partition coefficient (Wildman–Crippen LogP) is 3.09. The molecule has 1 aromatic heterocycles. The molecule has 2 bridgehead atoms. The maximum Gasteiger partial charge on any atom is 0.248 e. The maximum absolute atomic E-state index is 12.0. The van der Waals surface area contributed by atoms with E-state index in [2.05, 4.69) is 41.5 Å². The molecule has 4 aromatic rings. The Hall–Kier alpha value is -3.25. The zero-order valence-corrected chi connectivity index (χ0v) is 31.8. The molecule has 0 unspecified atom stereocenters. The average Bonchev–Trinajstić information content (AvgIpc) is 3.72. The van der Waals surface area contributed by atoms with Crippen LogP contribution in [0.3, 0.4) is 0 Å². The number of nitrogens with zero attached hydrogens (tertiary/aromatic N) is 1. The van der Waals surface area contributed by atoms with Gasteiger partial charge in [-0.25, -0.2) is 0 Å². The van der Waals surface area contributed by atoms with Crippen molar-refractivity contribution in [2.45, 2.75) is 75.7 Å². The topological polar surface area (TPSA) is 124 Å². The van der Waals surface area contributed by atoms with E-state index in [1.54, 1.807) is 12.1 Å². The average molecular weight is 777 g/mol.